The molecule has 1 heterocycles. The summed E-state index contributed by atoms with van der Waals surface area (Å²) in [7, 11) is 0. The van der Waals surface area contributed by atoms with Gasteiger partial charge in [-0.2, -0.15) is 0 Å². The first-order valence-electron chi connectivity index (χ1n) is 2.55. The molecular formula is C7H8Te. The normalized spacial score (nSPS) is 9.00. The Balaban J connectivity index is 2.62. The van der Waals surface area contributed by atoms with Gasteiger partial charge < -0.3 is 0 Å². The predicted octanol–water partition coefficient (Wildman–Crippen LogP) is 1.47. The molecule has 1 heteroatoms. The fourth-order valence-corrected chi connectivity index (χ4v) is 2.52. The van der Waals surface area contributed by atoms with Gasteiger partial charge in [-0.25, -0.2) is 0 Å². The predicted molar refractivity (Wildman–Crippen MR) is 37.3 cm³/mol. The number of hydrogen-bond donors (Lipinski definition) is 0. The molecule has 0 spiro atoms. The molecule has 0 amide bonds. The van der Waals surface area contributed by atoms with Crippen molar-refractivity contribution in [3.8, 4) is 0 Å². The second kappa shape index (κ2) is 3.12. The van der Waals surface area contributed by atoms with Crippen molar-refractivity contribution < 1.29 is 0 Å². The van der Waals surface area contributed by atoms with Crippen LogP contribution in [0.25, 0.3) is 0 Å². The van der Waals surface area contributed by atoms with E-state index in [2.05, 4.69) is 20.8 Å². The van der Waals surface area contributed by atoms with Crippen LogP contribution >= 0.6 is 0 Å². The van der Waals surface area contributed by atoms with Crippen molar-refractivity contribution in [2.24, 2.45) is 0 Å². The summed E-state index contributed by atoms with van der Waals surface area (Å²) in [5.41, 5.74) is 1.46. The van der Waals surface area contributed by atoms with Crippen LogP contribution in [-0.2, 0) is 6.42 Å². The van der Waals surface area contributed by atoms with Crippen LogP contribution in [0.2, 0.25) is 0 Å². The fraction of sp³-hybridized carbons (Fsp3) is 0.143. The summed E-state index contributed by atoms with van der Waals surface area (Å²) in [5.74, 6) is 0. The zero-order valence-corrected chi connectivity index (χ0v) is 6.96. The van der Waals surface area contributed by atoms with E-state index in [1.165, 1.54) is 5.56 Å². The van der Waals surface area contributed by atoms with Gasteiger partial charge >= 0.3 is 59.3 Å². The van der Waals surface area contributed by atoms with Gasteiger partial charge in [0.15, 0.2) is 0 Å². The third-order valence-electron chi connectivity index (χ3n) is 0.960. The molecule has 0 radical (unpaired) electrons. The molecule has 0 nitrogen and oxygen atoms in total. The second-order valence-electron chi connectivity index (χ2n) is 1.62. The minimum atomic E-state index is 0.151. The molecule has 0 saturated carbocycles. The van der Waals surface area contributed by atoms with E-state index in [1.807, 2.05) is 6.08 Å². The average molecular weight is 220 g/mol. The van der Waals surface area contributed by atoms with Crippen LogP contribution in [0.5, 0.6) is 0 Å². The standard InChI is InChI=1S/C7H8Te/c1-2-3-7-4-5-8-6-7/h2,4-6H,1,3H2. The molecule has 0 N–H and O–H groups in total. The summed E-state index contributed by atoms with van der Waals surface area (Å²) < 4.78 is 4.65. The van der Waals surface area contributed by atoms with Gasteiger partial charge in [-0.3, -0.25) is 0 Å². The fourth-order valence-electron chi connectivity index (χ4n) is 0.575. The first kappa shape index (κ1) is 6.13. The molecule has 1 aromatic rings. The quantitative estimate of drug-likeness (QED) is 0.522. The molecule has 0 aliphatic carbocycles. The van der Waals surface area contributed by atoms with E-state index in [0.29, 0.717) is 0 Å². The molecule has 0 aliphatic rings. The Hall–Kier alpha value is 0.00961. The molecule has 0 bridgehead atoms. The van der Waals surface area contributed by atoms with Crippen molar-refractivity contribution >= 4 is 20.4 Å². The topological polar surface area (TPSA) is 0 Å². The molecule has 0 atom stereocenters. The molecule has 0 aromatic carbocycles. The van der Waals surface area contributed by atoms with E-state index < -0.39 is 0 Å². The Kier molecular flexibility index (Phi) is 2.39. The first-order valence-corrected chi connectivity index (χ1v) is 5.24. The summed E-state index contributed by atoms with van der Waals surface area (Å²) in [6.45, 7) is 3.66. The van der Waals surface area contributed by atoms with E-state index in [4.69, 9.17) is 0 Å². The number of rotatable bonds is 2. The van der Waals surface area contributed by atoms with Crippen LogP contribution in [0.3, 0.4) is 0 Å². The van der Waals surface area contributed by atoms with Crippen molar-refractivity contribution in [1.29, 1.82) is 0 Å². The van der Waals surface area contributed by atoms with Gasteiger partial charge in [-0.15, -0.1) is 0 Å². The van der Waals surface area contributed by atoms with E-state index in [1.54, 1.807) is 0 Å². The van der Waals surface area contributed by atoms with Crippen molar-refractivity contribution in [2.45, 2.75) is 6.42 Å². The first-order chi connectivity index (χ1) is 3.93. The Morgan fingerprint density at radius 3 is 3.12 bits per heavy atom. The molecule has 0 unspecified atom stereocenters. The van der Waals surface area contributed by atoms with Crippen LogP contribution in [0, 0.1) is 0 Å². The van der Waals surface area contributed by atoms with Crippen molar-refractivity contribution in [1.82, 2.24) is 0 Å². The van der Waals surface area contributed by atoms with Crippen LogP contribution < -0.4 is 0 Å². The Bertz CT molecular complexity index is 151. The monoisotopic (exact) mass is 222 g/mol. The SMILES string of the molecule is C=CCc1cc[te]c1. The molecule has 8 heavy (non-hydrogen) atoms. The van der Waals surface area contributed by atoms with Crippen molar-refractivity contribution in [3.63, 3.8) is 0 Å². The van der Waals surface area contributed by atoms with Gasteiger partial charge in [0.25, 0.3) is 0 Å². The molecule has 0 aliphatic heterocycles. The molecule has 0 fully saturated rings. The van der Waals surface area contributed by atoms with Gasteiger partial charge in [0.2, 0.25) is 0 Å². The van der Waals surface area contributed by atoms with Crippen LogP contribution in [0.15, 0.2) is 26.9 Å². The summed E-state index contributed by atoms with van der Waals surface area (Å²) in [4.78, 5) is 0. The van der Waals surface area contributed by atoms with Gasteiger partial charge in [-0.05, 0) is 0 Å². The van der Waals surface area contributed by atoms with Gasteiger partial charge in [0.1, 0.15) is 0 Å². The van der Waals surface area contributed by atoms with Crippen molar-refractivity contribution in [2.75, 3.05) is 0 Å². The minimum absolute atomic E-state index is 0.151. The third-order valence-corrected chi connectivity index (χ3v) is 3.05. The maximum absolute atomic E-state index is 3.66. The van der Waals surface area contributed by atoms with Gasteiger partial charge in [-0.1, -0.05) is 0 Å². The van der Waals surface area contributed by atoms with Gasteiger partial charge in [0.05, 0.1) is 0 Å². The molecule has 1 rings (SSSR count). The van der Waals surface area contributed by atoms with Crippen molar-refractivity contribution in [3.05, 3.63) is 32.4 Å². The molecule has 42 valence electrons. The third kappa shape index (κ3) is 1.51. The number of allylic oxidation sites excluding steroid dienone is 1. The molecular weight excluding hydrogens is 212 g/mol. The van der Waals surface area contributed by atoms with E-state index in [9.17, 15) is 0 Å². The average Bonchev–Trinajstić information content (AvgIpc) is 2.19. The van der Waals surface area contributed by atoms with E-state index >= 15 is 0 Å². The van der Waals surface area contributed by atoms with Crippen LogP contribution in [-0.4, -0.2) is 20.4 Å². The molecule has 0 saturated heterocycles. The Morgan fingerprint density at radius 2 is 2.62 bits per heavy atom. The zero-order valence-electron chi connectivity index (χ0n) is 4.63. The van der Waals surface area contributed by atoms with E-state index in [0.717, 1.165) is 6.42 Å². The van der Waals surface area contributed by atoms with E-state index in [-0.39, 0.29) is 20.4 Å². The van der Waals surface area contributed by atoms with Gasteiger partial charge in [0, 0.05) is 0 Å². The van der Waals surface area contributed by atoms with Crippen LogP contribution in [0.4, 0.5) is 0 Å². The van der Waals surface area contributed by atoms with Crippen LogP contribution in [0.1, 0.15) is 5.56 Å². The number of hydrogen-bond acceptors (Lipinski definition) is 0. The second-order valence-corrected chi connectivity index (χ2v) is 3.85. The summed E-state index contributed by atoms with van der Waals surface area (Å²) in [5, 5.41) is 0. The zero-order chi connectivity index (χ0) is 5.82. The summed E-state index contributed by atoms with van der Waals surface area (Å²) >= 11 is 0.151. The Morgan fingerprint density at radius 1 is 1.75 bits per heavy atom. The Labute approximate surface area is 59.5 Å². The maximum atomic E-state index is 3.66. The molecule has 1 aromatic heterocycles. The summed E-state index contributed by atoms with van der Waals surface area (Å²) in [6, 6.07) is 2.21. The summed E-state index contributed by atoms with van der Waals surface area (Å²) in [6.07, 6.45) is 3.01.